The molecule has 24 heavy (non-hydrogen) atoms. The Kier molecular flexibility index (Phi) is 6.14. The molecule has 0 radical (unpaired) electrons. The molecule has 0 aliphatic carbocycles. The normalized spacial score (nSPS) is 13.3. The summed E-state index contributed by atoms with van der Waals surface area (Å²) in [5, 5.41) is 9.98. The third-order valence-corrected chi connectivity index (χ3v) is 2.83. The summed E-state index contributed by atoms with van der Waals surface area (Å²) in [6.07, 6.45) is -0.992. The largest absolute Gasteiger partial charge is 0.456 e. The first-order chi connectivity index (χ1) is 10.8. The van der Waals surface area contributed by atoms with Gasteiger partial charge >= 0.3 is 11.9 Å². The summed E-state index contributed by atoms with van der Waals surface area (Å²) in [7, 11) is 0. The van der Waals surface area contributed by atoms with Gasteiger partial charge in [-0.3, -0.25) is 0 Å². The molecular weight excluding hydrogens is 310 g/mol. The number of esters is 2. The van der Waals surface area contributed by atoms with Crippen molar-refractivity contribution in [2.75, 3.05) is 6.54 Å². The van der Waals surface area contributed by atoms with Crippen molar-refractivity contribution in [2.24, 2.45) is 5.73 Å². The van der Waals surface area contributed by atoms with Crippen molar-refractivity contribution in [3.8, 4) is 0 Å². The van der Waals surface area contributed by atoms with Gasteiger partial charge in [0.05, 0.1) is 17.2 Å². The molecule has 6 heteroatoms. The van der Waals surface area contributed by atoms with Crippen LogP contribution in [0.3, 0.4) is 0 Å². The molecule has 1 rings (SSSR count). The lowest BCUT2D eigenvalue weighted by molar-refractivity contribution is 0.00676. The highest BCUT2D eigenvalue weighted by Gasteiger charge is 2.23. The van der Waals surface area contributed by atoms with Crippen LogP contribution in [0.4, 0.5) is 0 Å². The summed E-state index contributed by atoms with van der Waals surface area (Å²) in [4.78, 5) is 24.6. The second-order valence-electron chi connectivity index (χ2n) is 7.60. The molecule has 1 atom stereocenters. The van der Waals surface area contributed by atoms with Crippen LogP contribution in [0.25, 0.3) is 0 Å². The van der Waals surface area contributed by atoms with Gasteiger partial charge in [0.15, 0.2) is 0 Å². The third-order valence-electron chi connectivity index (χ3n) is 2.83. The molecule has 1 aromatic rings. The highest BCUT2D eigenvalue weighted by atomic mass is 16.6. The highest BCUT2D eigenvalue weighted by molar-refractivity contribution is 5.96. The van der Waals surface area contributed by atoms with E-state index in [0.717, 1.165) is 0 Å². The Labute approximate surface area is 142 Å². The molecule has 0 aromatic heterocycles. The average Bonchev–Trinajstić information content (AvgIpc) is 2.42. The molecule has 134 valence electrons. The van der Waals surface area contributed by atoms with Gasteiger partial charge in [0.2, 0.25) is 0 Å². The maximum Gasteiger partial charge on any atom is 0.338 e. The zero-order valence-corrected chi connectivity index (χ0v) is 15.2. The fourth-order valence-corrected chi connectivity index (χ4v) is 1.89. The van der Waals surface area contributed by atoms with E-state index in [1.807, 2.05) is 0 Å². The monoisotopic (exact) mass is 337 g/mol. The van der Waals surface area contributed by atoms with Crippen LogP contribution in [-0.2, 0) is 9.47 Å². The first-order valence-corrected chi connectivity index (χ1v) is 7.82. The molecule has 0 heterocycles. The lowest BCUT2D eigenvalue weighted by Crippen LogP contribution is -2.26. The second kappa shape index (κ2) is 7.32. The number of hydrogen-bond acceptors (Lipinski definition) is 6. The van der Waals surface area contributed by atoms with Gasteiger partial charge in [-0.15, -0.1) is 0 Å². The number of aliphatic hydroxyl groups is 1. The smallest absolute Gasteiger partial charge is 0.338 e. The Hall–Kier alpha value is -1.92. The minimum absolute atomic E-state index is 0.0362. The SMILES string of the molecule is CC(C)(C)OC(=O)c1cc(C(=O)OC(C)(C)C)cc(C(O)CN)c1. The van der Waals surface area contributed by atoms with Crippen LogP contribution in [-0.4, -0.2) is 34.8 Å². The quantitative estimate of drug-likeness (QED) is 0.819. The molecular formula is C18H27NO5. The molecule has 0 fully saturated rings. The van der Waals surface area contributed by atoms with E-state index in [9.17, 15) is 14.7 Å². The number of benzene rings is 1. The van der Waals surface area contributed by atoms with Gasteiger partial charge in [-0.25, -0.2) is 9.59 Å². The number of rotatable bonds is 4. The second-order valence-corrected chi connectivity index (χ2v) is 7.60. The van der Waals surface area contributed by atoms with Crippen LogP contribution < -0.4 is 5.73 Å². The third kappa shape index (κ3) is 6.29. The topological polar surface area (TPSA) is 98.9 Å². The number of carbonyl (C=O) groups excluding carboxylic acids is 2. The molecule has 1 aromatic carbocycles. The van der Waals surface area contributed by atoms with Gasteiger partial charge in [-0.1, -0.05) is 0 Å². The van der Waals surface area contributed by atoms with Crippen LogP contribution in [0.5, 0.6) is 0 Å². The van der Waals surface area contributed by atoms with Crippen LogP contribution >= 0.6 is 0 Å². The maximum atomic E-state index is 12.3. The van der Waals surface area contributed by atoms with Gasteiger partial charge in [-0.2, -0.15) is 0 Å². The molecule has 0 saturated carbocycles. The van der Waals surface area contributed by atoms with Crippen LogP contribution in [0.1, 0.15) is 73.9 Å². The minimum Gasteiger partial charge on any atom is -0.456 e. The van der Waals surface area contributed by atoms with Gasteiger partial charge in [0.25, 0.3) is 0 Å². The van der Waals surface area contributed by atoms with E-state index in [0.29, 0.717) is 5.56 Å². The molecule has 0 spiro atoms. The molecule has 1 unspecified atom stereocenters. The number of ether oxygens (including phenoxy) is 2. The molecule has 6 nitrogen and oxygen atoms in total. The van der Waals surface area contributed by atoms with Crippen molar-refractivity contribution in [2.45, 2.75) is 58.8 Å². The van der Waals surface area contributed by atoms with E-state index >= 15 is 0 Å². The Bertz CT molecular complexity index is 565. The van der Waals surface area contributed by atoms with Crippen LogP contribution in [0.2, 0.25) is 0 Å². The summed E-state index contributed by atoms with van der Waals surface area (Å²) in [5.74, 6) is -1.17. The average molecular weight is 337 g/mol. The zero-order valence-electron chi connectivity index (χ0n) is 15.2. The van der Waals surface area contributed by atoms with E-state index in [2.05, 4.69) is 0 Å². The van der Waals surface area contributed by atoms with Gasteiger partial charge in [-0.05, 0) is 65.3 Å². The molecule has 0 aliphatic rings. The lowest BCUT2D eigenvalue weighted by atomic mass is 10.0. The first-order valence-electron chi connectivity index (χ1n) is 7.82. The predicted octanol–water partition coefficient (Wildman–Crippen LogP) is 2.59. The fourth-order valence-electron chi connectivity index (χ4n) is 1.89. The van der Waals surface area contributed by atoms with Crippen molar-refractivity contribution in [3.63, 3.8) is 0 Å². The van der Waals surface area contributed by atoms with E-state index < -0.39 is 29.2 Å². The molecule has 0 aliphatic heterocycles. The van der Waals surface area contributed by atoms with E-state index in [1.54, 1.807) is 41.5 Å². The fraction of sp³-hybridized carbons (Fsp3) is 0.556. The van der Waals surface area contributed by atoms with Crippen LogP contribution in [0, 0.1) is 0 Å². The Morgan fingerprint density at radius 3 is 1.62 bits per heavy atom. The van der Waals surface area contributed by atoms with Crippen LogP contribution in [0.15, 0.2) is 18.2 Å². The number of hydrogen-bond donors (Lipinski definition) is 2. The number of nitrogens with two attached hydrogens (primary N) is 1. The van der Waals surface area contributed by atoms with Gasteiger partial charge in [0.1, 0.15) is 11.2 Å². The van der Waals surface area contributed by atoms with Crippen molar-refractivity contribution < 1.29 is 24.2 Å². The number of carbonyl (C=O) groups is 2. The van der Waals surface area contributed by atoms with E-state index in [4.69, 9.17) is 15.2 Å². The van der Waals surface area contributed by atoms with Crippen molar-refractivity contribution >= 4 is 11.9 Å². The zero-order chi connectivity index (χ0) is 18.7. The van der Waals surface area contributed by atoms with Crippen molar-refractivity contribution in [1.29, 1.82) is 0 Å². The standard InChI is InChI=1S/C18H27NO5/c1-17(2,3)23-15(21)12-7-11(14(20)10-19)8-13(9-12)16(22)24-18(4,5)6/h7-9,14,20H,10,19H2,1-6H3. The molecule has 0 saturated heterocycles. The van der Waals surface area contributed by atoms with Gasteiger partial charge in [0, 0.05) is 6.54 Å². The first kappa shape index (κ1) is 20.1. The maximum absolute atomic E-state index is 12.3. The molecule has 3 N–H and O–H groups in total. The number of aliphatic hydroxyl groups excluding tert-OH is 1. The summed E-state index contributed by atoms with van der Waals surface area (Å²) in [5.41, 5.74) is 4.82. The Balaban J connectivity index is 3.27. The van der Waals surface area contributed by atoms with Crippen molar-refractivity contribution in [1.82, 2.24) is 0 Å². The summed E-state index contributed by atoms with van der Waals surface area (Å²) < 4.78 is 10.6. The summed E-state index contributed by atoms with van der Waals surface area (Å²) in [6.45, 7) is 10.5. The minimum atomic E-state index is -0.992. The predicted molar refractivity (Wildman–Crippen MR) is 90.8 cm³/mol. The van der Waals surface area contributed by atoms with Crippen molar-refractivity contribution in [3.05, 3.63) is 34.9 Å². The lowest BCUT2D eigenvalue weighted by Gasteiger charge is -2.22. The summed E-state index contributed by atoms with van der Waals surface area (Å²) in [6, 6.07) is 4.34. The van der Waals surface area contributed by atoms with E-state index in [-0.39, 0.29) is 17.7 Å². The molecule has 0 amide bonds. The summed E-state index contributed by atoms with van der Waals surface area (Å²) >= 11 is 0. The van der Waals surface area contributed by atoms with Gasteiger partial charge < -0.3 is 20.3 Å². The highest BCUT2D eigenvalue weighted by Crippen LogP contribution is 2.21. The Morgan fingerprint density at radius 2 is 1.33 bits per heavy atom. The van der Waals surface area contributed by atoms with E-state index in [1.165, 1.54) is 18.2 Å². The Morgan fingerprint density at radius 1 is 0.958 bits per heavy atom. The molecule has 0 bridgehead atoms.